The predicted octanol–water partition coefficient (Wildman–Crippen LogP) is 0.637. The van der Waals surface area contributed by atoms with E-state index in [4.69, 9.17) is 10.8 Å². The Morgan fingerprint density at radius 3 is 2.24 bits per heavy atom. The maximum Gasteiger partial charge on any atom is 0.401 e. The quantitative estimate of drug-likeness (QED) is 0.623. The second-order valence-corrected chi connectivity index (χ2v) is 3.91. The highest BCUT2D eigenvalue weighted by Gasteiger charge is 2.36. The van der Waals surface area contributed by atoms with Gasteiger partial charge in [0.2, 0.25) is 5.91 Å². The molecular formula is C9H15F3N2O3. The van der Waals surface area contributed by atoms with Crippen LogP contribution in [0.15, 0.2) is 0 Å². The molecule has 0 rings (SSSR count). The molecule has 17 heavy (non-hydrogen) atoms. The van der Waals surface area contributed by atoms with Crippen molar-refractivity contribution in [1.29, 1.82) is 0 Å². The molecule has 100 valence electrons. The van der Waals surface area contributed by atoms with Gasteiger partial charge in [0.25, 0.3) is 0 Å². The number of nitrogens with one attached hydrogen (secondary N) is 1. The number of amides is 1. The number of nitrogens with two attached hydrogens (primary N) is 1. The van der Waals surface area contributed by atoms with Gasteiger partial charge in [0, 0.05) is 6.42 Å². The molecule has 0 saturated carbocycles. The second kappa shape index (κ2) is 5.85. The van der Waals surface area contributed by atoms with Crippen molar-refractivity contribution >= 4 is 11.9 Å². The molecule has 0 heterocycles. The number of carboxylic acid groups (broad SMARTS) is 1. The number of alkyl halides is 3. The van der Waals surface area contributed by atoms with Gasteiger partial charge >= 0.3 is 12.1 Å². The Hall–Kier alpha value is -1.31. The van der Waals surface area contributed by atoms with Gasteiger partial charge in [-0.3, -0.25) is 14.9 Å². The fraction of sp³-hybridized carbons (Fsp3) is 0.778. The lowest BCUT2D eigenvalue weighted by atomic mass is 9.94. The Kier molecular flexibility index (Phi) is 5.40. The standard InChI is InChI=1S/C9H15F3N2O3/c1-8(7(13)17,4-2-3-6(15)16)14-5-9(10,11)12/h14H,2-5H2,1H3,(H2,13,17)(H,15,16). The van der Waals surface area contributed by atoms with Crippen LogP contribution in [0.5, 0.6) is 0 Å². The van der Waals surface area contributed by atoms with Gasteiger partial charge in [0.1, 0.15) is 0 Å². The van der Waals surface area contributed by atoms with Crippen LogP contribution in [-0.4, -0.2) is 35.2 Å². The molecule has 4 N–H and O–H groups in total. The number of carbonyl (C=O) groups is 2. The lowest BCUT2D eigenvalue weighted by molar-refractivity contribution is -0.139. The van der Waals surface area contributed by atoms with E-state index in [2.05, 4.69) is 0 Å². The zero-order valence-electron chi connectivity index (χ0n) is 9.30. The number of hydrogen-bond donors (Lipinski definition) is 3. The Morgan fingerprint density at radius 1 is 1.35 bits per heavy atom. The zero-order chi connectivity index (χ0) is 13.7. The molecule has 0 spiro atoms. The Bertz CT molecular complexity index is 294. The molecule has 1 atom stereocenters. The van der Waals surface area contributed by atoms with Crippen LogP contribution in [0, 0.1) is 0 Å². The van der Waals surface area contributed by atoms with Gasteiger partial charge in [-0.05, 0) is 19.8 Å². The van der Waals surface area contributed by atoms with Crippen LogP contribution in [0.3, 0.4) is 0 Å². The van der Waals surface area contributed by atoms with E-state index in [1.807, 2.05) is 5.32 Å². The fourth-order valence-corrected chi connectivity index (χ4v) is 1.19. The van der Waals surface area contributed by atoms with Gasteiger partial charge in [-0.1, -0.05) is 0 Å². The van der Waals surface area contributed by atoms with Crippen LogP contribution in [0.4, 0.5) is 13.2 Å². The Morgan fingerprint density at radius 2 is 1.88 bits per heavy atom. The maximum absolute atomic E-state index is 12.0. The van der Waals surface area contributed by atoms with Crippen molar-refractivity contribution in [3.05, 3.63) is 0 Å². The van der Waals surface area contributed by atoms with Crippen LogP contribution in [0.2, 0.25) is 0 Å². The van der Waals surface area contributed by atoms with E-state index in [1.54, 1.807) is 0 Å². The van der Waals surface area contributed by atoms with E-state index in [9.17, 15) is 22.8 Å². The SMILES string of the molecule is CC(CCCC(=O)O)(NCC(F)(F)F)C(N)=O. The summed E-state index contributed by atoms with van der Waals surface area (Å²) in [7, 11) is 0. The molecule has 0 bridgehead atoms. The lowest BCUT2D eigenvalue weighted by Crippen LogP contribution is -2.55. The van der Waals surface area contributed by atoms with Crippen molar-refractivity contribution < 1.29 is 27.9 Å². The molecule has 1 unspecified atom stereocenters. The highest BCUT2D eigenvalue weighted by atomic mass is 19.4. The minimum Gasteiger partial charge on any atom is -0.481 e. The van der Waals surface area contributed by atoms with Crippen molar-refractivity contribution in [3.8, 4) is 0 Å². The fourth-order valence-electron chi connectivity index (χ4n) is 1.19. The summed E-state index contributed by atoms with van der Waals surface area (Å²) < 4.78 is 36.0. The molecule has 0 aromatic heterocycles. The van der Waals surface area contributed by atoms with Crippen LogP contribution in [0.1, 0.15) is 26.2 Å². The molecule has 8 heteroatoms. The van der Waals surface area contributed by atoms with Gasteiger partial charge in [-0.2, -0.15) is 13.2 Å². The smallest absolute Gasteiger partial charge is 0.401 e. The third-order valence-electron chi connectivity index (χ3n) is 2.29. The van der Waals surface area contributed by atoms with Gasteiger partial charge in [-0.15, -0.1) is 0 Å². The third kappa shape index (κ3) is 6.77. The third-order valence-corrected chi connectivity index (χ3v) is 2.29. The average molecular weight is 256 g/mol. The van der Waals surface area contributed by atoms with Gasteiger partial charge in [0.15, 0.2) is 0 Å². The summed E-state index contributed by atoms with van der Waals surface area (Å²) in [6.07, 6.45) is -4.68. The minimum atomic E-state index is -4.45. The van der Waals surface area contributed by atoms with Gasteiger partial charge < -0.3 is 10.8 Å². The topological polar surface area (TPSA) is 92.4 Å². The summed E-state index contributed by atoms with van der Waals surface area (Å²) in [6.45, 7) is -0.123. The minimum absolute atomic E-state index is 0.0648. The first-order chi connectivity index (χ1) is 7.57. The van der Waals surface area contributed by atoms with Crippen LogP contribution in [-0.2, 0) is 9.59 Å². The molecule has 5 nitrogen and oxygen atoms in total. The summed E-state index contributed by atoms with van der Waals surface area (Å²) in [6, 6.07) is 0. The molecule has 0 aliphatic rings. The molecule has 1 amide bonds. The number of primary amides is 1. The van der Waals surface area contributed by atoms with Gasteiger partial charge in [-0.25, -0.2) is 0 Å². The monoisotopic (exact) mass is 256 g/mol. The Labute approximate surface area is 96.2 Å². The second-order valence-electron chi connectivity index (χ2n) is 3.91. The number of halogens is 3. The molecule has 0 saturated heterocycles. The highest BCUT2D eigenvalue weighted by Crippen LogP contribution is 2.18. The number of hydrogen-bond acceptors (Lipinski definition) is 3. The molecule has 0 aromatic rings. The first kappa shape index (κ1) is 15.7. The Balaban J connectivity index is 4.36. The number of aliphatic carboxylic acids is 1. The molecule has 0 aliphatic heterocycles. The largest absolute Gasteiger partial charge is 0.481 e. The van der Waals surface area contributed by atoms with E-state index in [0.29, 0.717) is 0 Å². The van der Waals surface area contributed by atoms with E-state index < -0.39 is 30.1 Å². The summed E-state index contributed by atoms with van der Waals surface area (Å²) >= 11 is 0. The normalized spacial score (nSPS) is 15.3. The van der Waals surface area contributed by atoms with Crippen LogP contribution in [0.25, 0.3) is 0 Å². The van der Waals surface area contributed by atoms with Crippen molar-refractivity contribution in [1.82, 2.24) is 5.32 Å². The molecule has 0 fully saturated rings. The molecule has 0 aromatic carbocycles. The molecule has 0 aliphatic carbocycles. The summed E-state index contributed by atoms with van der Waals surface area (Å²) in [5.74, 6) is -2.01. The van der Waals surface area contributed by atoms with Crippen molar-refractivity contribution in [3.63, 3.8) is 0 Å². The van der Waals surface area contributed by atoms with E-state index in [1.165, 1.54) is 6.92 Å². The van der Waals surface area contributed by atoms with Gasteiger partial charge in [0.05, 0.1) is 12.1 Å². The van der Waals surface area contributed by atoms with E-state index in [-0.39, 0.29) is 19.3 Å². The van der Waals surface area contributed by atoms with Crippen molar-refractivity contribution in [2.75, 3.05) is 6.54 Å². The number of carbonyl (C=O) groups excluding carboxylic acids is 1. The summed E-state index contributed by atoms with van der Waals surface area (Å²) in [4.78, 5) is 21.3. The number of carboxylic acids is 1. The summed E-state index contributed by atoms with van der Waals surface area (Å²) in [5.41, 5.74) is 3.45. The van der Waals surface area contributed by atoms with E-state index >= 15 is 0 Å². The van der Waals surface area contributed by atoms with Crippen molar-refractivity contribution in [2.45, 2.75) is 37.9 Å². The van der Waals surface area contributed by atoms with Crippen LogP contribution < -0.4 is 11.1 Å². The van der Waals surface area contributed by atoms with E-state index in [0.717, 1.165) is 0 Å². The molecular weight excluding hydrogens is 241 g/mol. The van der Waals surface area contributed by atoms with Crippen molar-refractivity contribution in [2.24, 2.45) is 5.73 Å². The highest BCUT2D eigenvalue weighted by molar-refractivity contribution is 5.84. The zero-order valence-corrected chi connectivity index (χ0v) is 9.30. The molecule has 0 radical (unpaired) electrons. The lowest BCUT2D eigenvalue weighted by Gasteiger charge is -2.27. The average Bonchev–Trinajstić information content (AvgIpc) is 2.12. The first-order valence-electron chi connectivity index (χ1n) is 4.90. The summed E-state index contributed by atoms with van der Waals surface area (Å²) in [5, 5.41) is 10.4. The number of rotatable bonds is 7. The first-order valence-corrected chi connectivity index (χ1v) is 4.90. The van der Waals surface area contributed by atoms with Crippen LogP contribution >= 0.6 is 0 Å². The predicted molar refractivity (Wildman–Crippen MR) is 53.1 cm³/mol. The maximum atomic E-state index is 12.0.